The molecule has 0 atom stereocenters. The molecule has 3 aromatic rings. The van der Waals surface area contributed by atoms with Crippen LogP contribution in [0, 0.1) is 6.92 Å². The standard InChI is InChI=1S/C18H16F3N3O3S/c1-12-16(17(25)24(23(12)2)13-8-4-3-5-9-13)22-28(26,27)15-11-7-6-10-14(15)18(19,20)21/h3-11,22H,1-2H3. The van der Waals surface area contributed by atoms with Crippen molar-refractivity contribution >= 4 is 15.7 Å². The Kier molecular flexibility index (Phi) is 4.84. The lowest BCUT2D eigenvalue weighted by atomic mass is 10.2. The predicted octanol–water partition coefficient (Wildman–Crippen LogP) is 3.30. The van der Waals surface area contributed by atoms with Crippen LogP contribution in [0.2, 0.25) is 0 Å². The lowest BCUT2D eigenvalue weighted by molar-refractivity contribution is -0.139. The van der Waals surface area contributed by atoms with Crippen LogP contribution in [-0.4, -0.2) is 17.8 Å². The van der Waals surface area contributed by atoms with Gasteiger partial charge in [-0.3, -0.25) is 14.2 Å². The van der Waals surface area contributed by atoms with Crippen LogP contribution in [0.4, 0.5) is 18.9 Å². The molecule has 0 aliphatic carbocycles. The number of sulfonamides is 1. The van der Waals surface area contributed by atoms with E-state index in [1.165, 1.54) is 22.4 Å². The van der Waals surface area contributed by atoms with E-state index in [0.717, 1.165) is 12.1 Å². The number of anilines is 1. The van der Waals surface area contributed by atoms with Crippen LogP contribution in [0.3, 0.4) is 0 Å². The summed E-state index contributed by atoms with van der Waals surface area (Å²) < 4.78 is 69.6. The Morgan fingerprint density at radius 1 is 0.964 bits per heavy atom. The van der Waals surface area contributed by atoms with Gasteiger partial charge >= 0.3 is 6.18 Å². The minimum absolute atomic E-state index is 0.252. The van der Waals surface area contributed by atoms with E-state index in [1.54, 1.807) is 37.4 Å². The van der Waals surface area contributed by atoms with Crippen LogP contribution < -0.4 is 10.3 Å². The average Bonchev–Trinajstić information content (AvgIpc) is 2.85. The Balaban J connectivity index is 2.12. The van der Waals surface area contributed by atoms with E-state index >= 15 is 0 Å². The van der Waals surface area contributed by atoms with E-state index in [2.05, 4.69) is 0 Å². The summed E-state index contributed by atoms with van der Waals surface area (Å²) in [5, 5.41) is 0. The molecular formula is C18H16F3N3O3S. The summed E-state index contributed by atoms with van der Waals surface area (Å²) >= 11 is 0. The average molecular weight is 411 g/mol. The molecule has 1 heterocycles. The third-order valence-corrected chi connectivity index (χ3v) is 5.68. The van der Waals surface area contributed by atoms with E-state index in [9.17, 15) is 26.4 Å². The molecule has 0 spiro atoms. The third kappa shape index (κ3) is 3.42. The van der Waals surface area contributed by atoms with Crippen molar-refractivity contribution < 1.29 is 21.6 Å². The zero-order valence-corrected chi connectivity index (χ0v) is 15.7. The van der Waals surface area contributed by atoms with Crippen molar-refractivity contribution in [2.75, 3.05) is 4.72 Å². The summed E-state index contributed by atoms with van der Waals surface area (Å²) in [6, 6.07) is 12.3. The minimum atomic E-state index is -4.86. The summed E-state index contributed by atoms with van der Waals surface area (Å²) in [6.07, 6.45) is -4.86. The Labute approximate surface area is 158 Å². The molecule has 1 N–H and O–H groups in total. The second-order valence-electron chi connectivity index (χ2n) is 6.04. The maximum Gasteiger partial charge on any atom is 0.417 e. The molecule has 2 aromatic carbocycles. The summed E-state index contributed by atoms with van der Waals surface area (Å²) in [7, 11) is -3.11. The summed E-state index contributed by atoms with van der Waals surface area (Å²) in [5.41, 5.74) is -1.58. The zero-order valence-electron chi connectivity index (χ0n) is 14.9. The summed E-state index contributed by atoms with van der Waals surface area (Å²) in [5.74, 6) is 0. The van der Waals surface area contributed by atoms with Gasteiger partial charge in [0.05, 0.1) is 21.8 Å². The van der Waals surface area contributed by atoms with Crippen molar-refractivity contribution in [3.05, 3.63) is 76.2 Å². The second kappa shape index (κ2) is 6.86. The molecule has 28 heavy (non-hydrogen) atoms. The largest absolute Gasteiger partial charge is 0.417 e. The van der Waals surface area contributed by atoms with Crippen molar-refractivity contribution in [2.45, 2.75) is 18.0 Å². The summed E-state index contributed by atoms with van der Waals surface area (Å²) in [4.78, 5) is 11.8. The first kappa shape index (κ1) is 19.7. The molecule has 148 valence electrons. The van der Waals surface area contributed by atoms with Gasteiger partial charge in [-0.15, -0.1) is 0 Å². The quantitative estimate of drug-likeness (QED) is 0.716. The van der Waals surface area contributed by atoms with Gasteiger partial charge in [0, 0.05) is 7.05 Å². The van der Waals surface area contributed by atoms with Crippen molar-refractivity contribution in [2.24, 2.45) is 7.05 Å². The zero-order chi connectivity index (χ0) is 20.7. The lowest BCUT2D eigenvalue weighted by Gasteiger charge is -2.13. The topological polar surface area (TPSA) is 73.1 Å². The molecule has 0 aliphatic rings. The third-order valence-electron chi connectivity index (χ3n) is 4.27. The Morgan fingerprint density at radius 2 is 1.54 bits per heavy atom. The van der Waals surface area contributed by atoms with Crippen LogP contribution in [0.25, 0.3) is 5.69 Å². The monoisotopic (exact) mass is 411 g/mol. The number of aromatic nitrogens is 2. The van der Waals surface area contributed by atoms with Gasteiger partial charge < -0.3 is 0 Å². The Bertz CT molecular complexity index is 1180. The van der Waals surface area contributed by atoms with Gasteiger partial charge in [0.2, 0.25) is 0 Å². The van der Waals surface area contributed by atoms with Gasteiger partial charge in [-0.1, -0.05) is 30.3 Å². The number of benzene rings is 2. The maximum atomic E-state index is 13.2. The molecule has 0 saturated carbocycles. The van der Waals surface area contributed by atoms with Crippen molar-refractivity contribution in [3.63, 3.8) is 0 Å². The van der Waals surface area contributed by atoms with Gasteiger partial charge in [-0.25, -0.2) is 13.1 Å². The van der Waals surface area contributed by atoms with Gasteiger partial charge in [-0.2, -0.15) is 13.2 Å². The molecule has 0 fully saturated rings. The van der Waals surface area contributed by atoms with Crippen LogP contribution >= 0.6 is 0 Å². The molecule has 3 rings (SSSR count). The predicted molar refractivity (Wildman–Crippen MR) is 98.0 cm³/mol. The highest BCUT2D eigenvalue weighted by Gasteiger charge is 2.37. The molecule has 0 saturated heterocycles. The van der Waals surface area contributed by atoms with Crippen LogP contribution in [0.5, 0.6) is 0 Å². The van der Waals surface area contributed by atoms with Crippen molar-refractivity contribution in [3.8, 4) is 5.69 Å². The first-order chi connectivity index (χ1) is 13.0. The molecule has 0 amide bonds. The number of alkyl halides is 3. The number of rotatable bonds is 4. The Morgan fingerprint density at radius 3 is 2.14 bits per heavy atom. The molecule has 1 aromatic heterocycles. The fourth-order valence-electron chi connectivity index (χ4n) is 2.81. The fraction of sp³-hybridized carbons (Fsp3) is 0.167. The lowest BCUT2D eigenvalue weighted by Crippen LogP contribution is -2.24. The van der Waals surface area contributed by atoms with E-state index < -0.39 is 32.2 Å². The highest BCUT2D eigenvalue weighted by molar-refractivity contribution is 7.92. The summed E-state index contributed by atoms with van der Waals surface area (Å²) in [6.45, 7) is 1.49. The fourth-order valence-corrected chi connectivity index (χ4v) is 4.16. The molecule has 0 bridgehead atoms. The number of para-hydroxylation sites is 1. The van der Waals surface area contributed by atoms with E-state index in [0.29, 0.717) is 11.8 Å². The first-order valence-corrected chi connectivity index (χ1v) is 9.55. The highest BCUT2D eigenvalue weighted by Crippen LogP contribution is 2.34. The minimum Gasteiger partial charge on any atom is -0.283 e. The molecular weight excluding hydrogens is 395 g/mol. The first-order valence-electron chi connectivity index (χ1n) is 8.07. The number of hydrogen-bond donors (Lipinski definition) is 1. The SMILES string of the molecule is Cc1c(NS(=O)(=O)c2ccccc2C(F)(F)F)c(=O)n(-c2ccccc2)n1C. The van der Waals surface area contributed by atoms with E-state index in [4.69, 9.17) is 0 Å². The molecule has 0 unspecified atom stereocenters. The van der Waals surface area contributed by atoms with E-state index in [1.807, 2.05) is 4.72 Å². The van der Waals surface area contributed by atoms with Gasteiger partial charge in [-0.05, 0) is 31.2 Å². The normalized spacial score (nSPS) is 12.2. The maximum absolute atomic E-state index is 13.2. The van der Waals surface area contributed by atoms with Gasteiger partial charge in [0.15, 0.2) is 0 Å². The van der Waals surface area contributed by atoms with Crippen LogP contribution in [-0.2, 0) is 23.2 Å². The number of nitrogens with zero attached hydrogens (tertiary/aromatic N) is 2. The van der Waals surface area contributed by atoms with Gasteiger partial charge in [0.1, 0.15) is 5.69 Å². The molecule has 0 aliphatic heterocycles. The van der Waals surface area contributed by atoms with Crippen molar-refractivity contribution in [1.29, 1.82) is 0 Å². The second-order valence-corrected chi connectivity index (χ2v) is 7.69. The molecule has 6 nitrogen and oxygen atoms in total. The van der Waals surface area contributed by atoms with Crippen molar-refractivity contribution in [1.82, 2.24) is 9.36 Å². The van der Waals surface area contributed by atoms with Crippen LogP contribution in [0.1, 0.15) is 11.3 Å². The smallest absolute Gasteiger partial charge is 0.283 e. The molecule has 10 heteroatoms. The molecule has 0 radical (unpaired) electrons. The number of hydrogen-bond acceptors (Lipinski definition) is 3. The number of nitrogens with one attached hydrogen (secondary N) is 1. The number of halogens is 3. The van der Waals surface area contributed by atoms with E-state index in [-0.39, 0.29) is 11.4 Å². The highest BCUT2D eigenvalue weighted by atomic mass is 32.2. The van der Waals surface area contributed by atoms with Gasteiger partial charge in [0.25, 0.3) is 15.6 Å². The van der Waals surface area contributed by atoms with Crippen LogP contribution in [0.15, 0.2) is 64.3 Å². The Hall–Kier alpha value is -3.01.